The molecule has 0 unspecified atom stereocenters. The van der Waals surface area contributed by atoms with Crippen molar-refractivity contribution in [3.8, 4) is 0 Å². The van der Waals surface area contributed by atoms with E-state index in [-0.39, 0.29) is 18.0 Å². The highest BCUT2D eigenvalue weighted by Gasteiger charge is 2.57. The molecular formula is C14H16O4. The van der Waals surface area contributed by atoms with Gasteiger partial charge in [-0.15, -0.1) is 0 Å². The number of carbonyl (C=O) groups excluding carboxylic acids is 3. The summed E-state index contributed by atoms with van der Waals surface area (Å²) in [6, 6.07) is 0. The van der Waals surface area contributed by atoms with E-state index < -0.39 is 17.3 Å². The zero-order valence-electron chi connectivity index (χ0n) is 10.8. The Kier molecular flexibility index (Phi) is 2.97. The van der Waals surface area contributed by atoms with E-state index in [4.69, 9.17) is 4.74 Å². The summed E-state index contributed by atoms with van der Waals surface area (Å²) in [5, 5.41) is 0. The van der Waals surface area contributed by atoms with E-state index in [1.807, 2.05) is 13.8 Å². The van der Waals surface area contributed by atoms with Crippen LogP contribution in [0.5, 0.6) is 0 Å². The Morgan fingerprint density at radius 2 is 1.94 bits per heavy atom. The van der Waals surface area contributed by atoms with E-state index in [0.717, 1.165) is 11.1 Å². The van der Waals surface area contributed by atoms with Crippen LogP contribution >= 0.6 is 0 Å². The summed E-state index contributed by atoms with van der Waals surface area (Å²) in [5.74, 6) is -1.68. The summed E-state index contributed by atoms with van der Waals surface area (Å²) in [4.78, 5) is 36.2. The van der Waals surface area contributed by atoms with Gasteiger partial charge in [0.15, 0.2) is 11.6 Å². The van der Waals surface area contributed by atoms with Crippen LogP contribution in [0.2, 0.25) is 0 Å². The zero-order valence-corrected chi connectivity index (χ0v) is 10.8. The van der Waals surface area contributed by atoms with Crippen LogP contribution in [0, 0.1) is 11.3 Å². The van der Waals surface area contributed by atoms with E-state index in [9.17, 15) is 14.4 Å². The molecule has 2 aliphatic rings. The number of esters is 1. The Labute approximate surface area is 106 Å². The van der Waals surface area contributed by atoms with Crippen LogP contribution < -0.4 is 0 Å². The van der Waals surface area contributed by atoms with Crippen molar-refractivity contribution >= 4 is 17.5 Å². The minimum Gasteiger partial charge on any atom is -0.468 e. The fourth-order valence-corrected chi connectivity index (χ4v) is 2.87. The maximum atomic E-state index is 12.2. The highest BCUT2D eigenvalue weighted by Crippen LogP contribution is 2.47. The molecule has 2 atom stereocenters. The molecule has 0 spiro atoms. The lowest BCUT2D eigenvalue weighted by atomic mass is 9.59. The molecule has 0 heterocycles. The zero-order chi connectivity index (χ0) is 13.5. The van der Waals surface area contributed by atoms with E-state index in [1.165, 1.54) is 19.3 Å². The van der Waals surface area contributed by atoms with Crippen molar-refractivity contribution in [3.63, 3.8) is 0 Å². The van der Waals surface area contributed by atoms with Crippen LogP contribution in [-0.4, -0.2) is 24.6 Å². The maximum Gasteiger partial charge on any atom is 0.320 e. The van der Waals surface area contributed by atoms with Gasteiger partial charge in [-0.05, 0) is 38.8 Å². The van der Waals surface area contributed by atoms with Crippen molar-refractivity contribution in [3.05, 3.63) is 23.3 Å². The lowest BCUT2D eigenvalue weighted by Crippen LogP contribution is -2.52. The maximum absolute atomic E-state index is 12.2. The Morgan fingerprint density at radius 1 is 1.28 bits per heavy atom. The third-order valence-electron chi connectivity index (χ3n) is 4.11. The topological polar surface area (TPSA) is 60.4 Å². The first kappa shape index (κ1) is 12.7. The molecule has 0 aliphatic heterocycles. The number of ketones is 2. The summed E-state index contributed by atoms with van der Waals surface area (Å²) in [6.45, 7) is 3.83. The van der Waals surface area contributed by atoms with Gasteiger partial charge in [-0.3, -0.25) is 14.4 Å². The number of carbonyl (C=O) groups is 3. The SMILES string of the molecule is COC(=O)[C@@]12CC(C)=C(C)C[C@@H]1C(=O)C=CC2=O. The fraction of sp³-hybridized carbons (Fsp3) is 0.500. The summed E-state index contributed by atoms with van der Waals surface area (Å²) in [7, 11) is 1.25. The molecule has 4 nitrogen and oxygen atoms in total. The average molecular weight is 248 g/mol. The molecule has 0 amide bonds. The monoisotopic (exact) mass is 248 g/mol. The number of allylic oxidation sites excluding steroid dienone is 4. The summed E-state index contributed by atoms with van der Waals surface area (Å²) < 4.78 is 4.78. The molecular weight excluding hydrogens is 232 g/mol. The first-order valence-electron chi connectivity index (χ1n) is 5.93. The third-order valence-corrected chi connectivity index (χ3v) is 4.11. The molecule has 2 rings (SSSR count). The Balaban J connectivity index is 2.60. The van der Waals surface area contributed by atoms with Crippen molar-refractivity contribution in [1.29, 1.82) is 0 Å². The Bertz CT molecular complexity index is 498. The number of ether oxygens (including phenoxy) is 1. The Hall–Kier alpha value is -1.71. The highest BCUT2D eigenvalue weighted by molar-refractivity contribution is 6.18. The first-order valence-corrected chi connectivity index (χ1v) is 5.93. The van der Waals surface area contributed by atoms with Crippen LogP contribution in [0.15, 0.2) is 23.3 Å². The summed E-state index contributed by atoms with van der Waals surface area (Å²) >= 11 is 0. The van der Waals surface area contributed by atoms with Crippen LogP contribution in [0.1, 0.15) is 26.7 Å². The standard InChI is InChI=1S/C14H16O4/c1-8-6-10-11(15)4-5-12(16)14(10,7-9(8)2)13(17)18-3/h4-5,10H,6-7H2,1-3H3/t10-,14+/m1/s1. The van der Waals surface area contributed by atoms with Gasteiger partial charge in [-0.1, -0.05) is 11.1 Å². The number of fused-ring (bicyclic) bond motifs is 1. The van der Waals surface area contributed by atoms with Gasteiger partial charge in [0, 0.05) is 5.92 Å². The van der Waals surface area contributed by atoms with E-state index in [1.54, 1.807) is 0 Å². The van der Waals surface area contributed by atoms with Gasteiger partial charge in [0.25, 0.3) is 0 Å². The van der Waals surface area contributed by atoms with E-state index in [0.29, 0.717) is 6.42 Å². The fourth-order valence-electron chi connectivity index (χ4n) is 2.87. The average Bonchev–Trinajstić information content (AvgIpc) is 2.35. The smallest absolute Gasteiger partial charge is 0.320 e. The van der Waals surface area contributed by atoms with E-state index in [2.05, 4.69) is 0 Å². The molecule has 0 saturated carbocycles. The second kappa shape index (κ2) is 4.19. The molecule has 2 aliphatic carbocycles. The molecule has 0 N–H and O–H groups in total. The largest absolute Gasteiger partial charge is 0.468 e. The normalized spacial score (nSPS) is 31.4. The molecule has 96 valence electrons. The molecule has 0 aromatic carbocycles. The van der Waals surface area contributed by atoms with Crippen LogP contribution in [0.3, 0.4) is 0 Å². The molecule has 4 heteroatoms. The van der Waals surface area contributed by atoms with Crippen molar-refractivity contribution < 1.29 is 19.1 Å². The van der Waals surface area contributed by atoms with Crippen LogP contribution in [0.4, 0.5) is 0 Å². The molecule has 0 aromatic rings. The van der Waals surface area contributed by atoms with E-state index >= 15 is 0 Å². The van der Waals surface area contributed by atoms with Gasteiger partial charge in [-0.2, -0.15) is 0 Å². The minimum absolute atomic E-state index is 0.160. The van der Waals surface area contributed by atoms with Crippen molar-refractivity contribution in [2.45, 2.75) is 26.7 Å². The number of hydrogen-bond acceptors (Lipinski definition) is 4. The van der Waals surface area contributed by atoms with Gasteiger partial charge < -0.3 is 4.74 Å². The minimum atomic E-state index is -1.33. The predicted octanol–water partition coefficient (Wildman–Crippen LogP) is 1.60. The molecule has 0 aromatic heterocycles. The van der Waals surface area contributed by atoms with Crippen molar-refractivity contribution in [1.82, 2.24) is 0 Å². The number of methoxy groups -OCH3 is 1. The Morgan fingerprint density at radius 3 is 2.56 bits per heavy atom. The predicted molar refractivity (Wildman–Crippen MR) is 64.7 cm³/mol. The second-order valence-corrected chi connectivity index (χ2v) is 5.06. The quantitative estimate of drug-likeness (QED) is 0.402. The van der Waals surface area contributed by atoms with Crippen LogP contribution in [0.25, 0.3) is 0 Å². The molecule has 18 heavy (non-hydrogen) atoms. The van der Waals surface area contributed by atoms with Crippen molar-refractivity contribution in [2.24, 2.45) is 11.3 Å². The molecule has 0 saturated heterocycles. The van der Waals surface area contributed by atoms with Crippen molar-refractivity contribution in [2.75, 3.05) is 7.11 Å². The number of rotatable bonds is 1. The van der Waals surface area contributed by atoms with Gasteiger partial charge in [-0.25, -0.2) is 0 Å². The molecule has 0 bridgehead atoms. The third kappa shape index (κ3) is 1.55. The summed E-state index contributed by atoms with van der Waals surface area (Å²) in [5.41, 5.74) is 0.744. The number of hydrogen-bond donors (Lipinski definition) is 0. The van der Waals surface area contributed by atoms with Gasteiger partial charge in [0.05, 0.1) is 7.11 Å². The second-order valence-electron chi connectivity index (χ2n) is 5.06. The molecule has 0 fully saturated rings. The lowest BCUT2D eigenvalue weighted by molar-refractivity contribution is -0.164. The van der Waals surface area contributed by atoms with Gasteiger partial charge >= 0.3 is 5.97 Å². The summed E-state index contributed by atoms with van der Waals surface area (Å²) in [6.07, 6.45) is 3.23. The van der Waals surface area contributed by atoms with Gasteiger partial charge in [0.1, 0.15) is 5.41 Å². The first-order chi connectivity index (χ1) is 8.43. The highest BCUT2D eigenvalue weighted by atomic mass is 16.5. The van der Waals surface area contributed by atoms with Crippen LogP contribution in [-0.2, 0) is 19.1 Å². The van der Waals surface area contributed by atoms with Gasteiger partial charge in [0.2, 0.25) is 0 Å². The molecule has 0 radical (unpaired) electrons. The lowest BCUT2D eigenvalue weighted by Gasteiger charge is -2.41.